The van der Waals surface area contributed by atoms with Gasteiger partial charge in [-0.2, -0.15) is 0 Å². The average Bonchev–Trinajstić information content (AvgIpc) is 2.67. The Bertz CT molecular complexity index is 168. The van der Waals surface area contributed by atoms with Crippen molar-refractivity contribution in [2.24, 2.45) is 5.92 Å². The molecule has 2 aliphatic rings. The number of piperidine rings is 1. The Morgan fingerprint density at radius 2 is 2.50 bits per heavy atom. The van der Waals surface area contributed by atoms with Crippen molar-refractivity contribution in [1.29, 1.82) is 0 Å². The molecule has 1 heteroatoms. The summed E-state index contributed by atoms with van der Waals surface area (Å²) < 4.78 is 0. The molecule has 0 aromatic carbocycles. The third kappa shape index (κ3) is 0.932. The van der Waals surface area contributed by atoms with Crippen LogP contribution in [-0.4, -0.2) is 24.0 Å². The second-order valence-electron chi connectivity index (χ2n) is 3.38. The first-order valence-corrected chi connectivity index (χ1v) is 4.09. The van der Waals surface area contributed by atoms with E-state index < -0.39 is 0 Å². The highest BCUT2D eigenvalue weighted by molar-refractivity contribution is 5.02. The number of fused-ring (bicyclic) bond motifs is 1. The Kier molecular flexibility index (Phi) is 1.43. The van der Waals surface area contributed by atoms with Crippen LogP contribution in [0.5, 0.6) is 0 Å². The van der Waals surface area contributed by atoms with Gasteiger partial charge in [0, 0.05) is 6.04 Å². The highest BCUT2D eigenvalue weighted by Gasteiger charge is 2.43. The Balaban J connectivity index is 1.91. The molecule has 2 atom stereocenters. The van der Waals surface area contributed by atoms with E-state index in [4.69, 9.17) is 6.42 Å². The summed E-state index contributed by atoms with van der Waals surface area (Å²) in [6.45, 7) is 2.12. The molecule has 1 saturated carbocycles. The van der Waals surface area contributed by atoms with E-state index in [0.29, 0.717) is 0 Å². The van der Waals surface area contributed by atoms with Crippen molar-refractivity contribution < 1.29 is 0 Å². The summed E-state index contributed by atoms with van der Waals surface area (Å²) in [4.78, 5) is 2.45. The van der Waals surface area contributed by atoms with E-state index in [1.54, 1.807) is 0 Å². The van der Waals surface area contributed by atoms with Crippen LogP contribution in [0.4, 0.5) is 0 Å². The number of terminal acetylenes is 1. The molecule has 2 fully saturated rings. The first-order valence-electron chi connectivity index (χ1n) is 4.09. The Morgan fingerprint density at radius 3 is 3.30 bits per heavy atom. The third-order valence-corrected chi connectivity index (χ3v) is 2.67. The molecular formula is C9H13N. The number of likely N-dealkylation sites (tertiary alicyclic amines) is 1. The summed E-state index contributed by atoms with van der Waals surface area (Å²) in [6, 6.07) is 0.879. The SMILES string of the molecule is C#CCN1CCC[C@@H]2C[C@@H]21. The molecule has 0 aromatic heterocycles. The molecule has 1 aliphatic carbocycles. The predicted octanol–water partition coefficient (Wildman–Crippen LogP) is 1.10. The van der Waals surface area contributed by atoms with E-state index in [1.165, 1.54) is 25.8 Å². The molecule has 2 rings (SSSR count). The van der Waals surface area contributed by atoms with E-state index in [9.17, 15) is 0 Å². The molecule has 1 heterocycles. The highest BCUT2D eigenvalue weighted by Crippen LogP contribution is 2.42. The standard InChI is InChI=1S/C9H13N/c1-2-5-10-6-3-4-8-7-9(8)10/h1,8-9H,3-7H2/t8-,9+/m1/s1. The maximum Gasteiger partial charge on any atom is 0.0601 e. The molecule has 0 N–H and O–H groups in total. The molecule has 10 heavy (non-hydrogen) atoms. The van der Waals surface area contributed by atoms with Gasteiger partial charge in [0.15, 0.2) is 0 Å². The highest BCUT2D eigenvalue weighted by atomic mass is 15.2. The number of rotatable bonds is 1. The van der Waals surface area contributed by atoms with E-state index >= 15 is 0 Å². The largest absolute Gasteiger partial charge is 0.289 e. The topological polar surface area (TPSA) is 3.24 Å². The van der Waals surface area contributed by atoms with Crippen LogP contribution in [0.25, 0.3) is 0 Å². The third-order valence-electron chi connectivity index (χ3n) is 2.67. The second-order valence-corrected chi connectivity index (χ2v) is 3.38. The fraction of sp³-hybridized carbons (Fsp3) is 0.778. The van der Waals surface area contributed by atoms with Gasteiger partial charge in [0.1, 0.15) is 0 Å². The maximum absolute atomic E-state index is 5.25. The molecule has 54 valence electrons. The molecule has 0 radical (unpaired) electrons. The minimum Gasteiger partial charge on any atom is -0.289 e. The summed E-state index contributed by atoms with van der Waals surface area (Å²) >= 11 is 0. The van der Waals surface area contributed by atoms with Crippen LogP contribution >= 0.6 is 0 Å². The van der Waals surface area contributed by atoms with Crippen LogP contribution in [0.1, 0.15) is 19.3 Å². The van der Waals surface area contributed by atoms with Gasteiger partial charge >= 0.3 is 0 Å². The maximum atomic E-state index is 5.25. The van der Waals surface area contributed by atoms with Gasteiger partial charge in [-0.05, 0) is 31.7 Å². The normalized spacial score (nSPS) is 38.3. The molecule has 0 aromatic rings. The zero-order valence-electron chi connectivity index (χ0n) is 6.21. The van der Waals surface area contributed by atoms with Crippen LogP contribution in [0.3, 0.4) is 0 Å². The van der Waals surface area contributed by atoms with Gasteiger partial charge in [-0.15, -0.1) is 6.42 Å². The monoisotopic (exact) mass is 135 g/mol. The van der Waals surface area contributed by atoms with Gasteiger partial charge in [-0.1, -0.05) is 5.92 Å². The van der Waals surface area contributed by atoms with Gasteiger partial charge < -0.3 is 0 Å². The lowest BCUT2D eigenvalue weighted by molar-refractivity contribution is 0.241. The van der Waals surface area contributed by atoms with Gasteiger partial charge in [0.25, 0.3) is 0 Å². The summed E-state index contributed by atoms with van der Waals surface area (Å²) in [6.07, 6.45) is 9.48. The molecule has 0 amide bonds. The number of hydrogen-bond acceptors (Lipinski definition) is 1. The van der Waals surface area contributed by atoms with E-state index in [-0.39, 0.29) is 0 Å². The molecular weight excluding hydrogens is 122 g/mol. The molecule has 1 saturated heterocycles. The van der Waals surface area contributed by atoms with E-state index in [1.807, 2.05) is 0 Å². The number of nitrogens with zero attached hydrogens (tertiary/aromatic N) is 1. The first kappa shape index (κ1) is 6.24. The van der Waals surface area contributed by atoms with Crippen LogP contribution in [-0.2, 0) is 0 Å². The van der Waals surface area contributed by atoms with Crippen LogP contribution in [0.2, 0.25) is 0 Å². The zero-order valence-corrected chi connectivity index (χ0v) is 6.21. The fourth-order valence-corrected chi connectivity index (χ4v) is 2.03. The lowest BCUT2D eigenvalue weighted by Crippen LogP contribution is -2.31. The van der Waals surface area contributed by atoms with Crippen molar-refractivity contribution in [3.05, 3.63) is 0 Å². The van der Waals surface area contributed by atoms with Crippen molar-refractivity contribution in [1.82, 2.24) is 4.90 Å². The lowest BCUT2D eigenvalue weighted by atomic mass is 10.1. The average molecular weight is 135 g/mol. The van der Waals surface area contributed by atoms with Gasteiger partial charge in [0.2, 0.25) is 0 Å². The van der Waals surface area contributed by atoms with Crippen molar-refractivity contribution in [3.63, 3.8) is 0 Å². The Morgan fingerprint density at radius 1 is 1.60 bits per heavy atom. The van der Waals surface area contributed by atoms with Crippen molar-refractivity contribution in [2.75, 3.05) is 13.1 Å². The first-order chi connectivity index (χ1) is 4.92. The van der Waals surface area contributed by atoms with Crippen molar-refractivity contribution in [3.8, 4) is 12.3 Å². The van der Waals surface area contributed by atoms with E-state index in [0.717, 1.165) is 18.5 Å². The Hall–Kier alpha value is -0.480. The van der Waals surface area contributed by atoms with E-state index in [2.05, 4.69) is 10.8 Å². The minimum atomic E-state index is 0.876. The van der Waals surface area contributed by atoms with Crippen molar-refractivity contribution in [2.45, 2.75) is 25.3 Å². The smallest absolute Gasteiger partial charge is 0.0601 e. The molecule has 1 nitrogen and oxygen atoms in total. The zero-order chi connectivity index (χ0) is 6.97. The van der Waals surface area contributed by atoms with Gasteiger partial charge in [-0.25, -0.2) is 0 Å². The molecule has 0 unspecified atom stereocenters. The summed E-state index contributed by atoms with van der Waals surface area (Å²) in [5.41, 5.74) is 0. The fourth-order valence-electron chi connectivity index (χ4n) is 2.03. The van der Waals surface area contributed by atoms with Crippen molar-refractivity contribution >= 4 is 0 Å². The van der Waals surface area contributed by atoms with Crippen LogP contribution in [0, 0.1) is 18.3 Å². The Labute approximate surface area is 62.4 Å². The summed E-state index contributed by atoms with van der Waals surface area (Å²) in [5, 5.41) is 0. The predicted molar refractivity (Wildman–Crippen MR) is 41.5 cm³/mol. The minimum absolute atomic E-state index is 0.876. The molecule has 1 aliphatic heterocycles. The summed E-state index contributed by atoms with van der Waals surface area (Å²) in [7, 11) is 0. The van der Waals surface area contributed by atoms with Gasteiger partial charge in [0.05, 0.1) is 6.54 Å². The lowest BCUT2D eigenvalue weighted by Gasteiger charge is -2.23. The van der Waals surface area contributed by atoms with Gasteiger partial charge in [-0.3, -0.25) is 4.90 Å². The van der Waals surface area contributed by atoms with Crippen LogP contribution in [0.15, 0.2) is 0 Å². The second kappa shape index (κ2) is 2.29. The summed E-state index contributed by atoms with van der Waals surface area (Å²) in [5.74, 6) is 3.74. The molecule has 0 spiro atoms. The van der Waals surface area contributed by atoms with Crippen LogP contribution < -0.4 is 0 Å². The molecule has 0 bridgehead atoms. The number of hydrogen-bond donors (Lipinski definition) is 0. The quantitative estimate of drug-likeness (QED) is 0.487.